The van der Waals surface area contributed by atoms with Crippen LogP contribution in [0.25, 0.3) is 43.6 Å². The lowest BCUT2D eigenvalue weighted by Gasteiger charge is -2.14. The van der Waals surface area contributed by atoms with Crippen molar-refractivity contribution in [3.05, 3.63) is 120 Å². The number of aromatic hydroxyl groups is 4. The molecule has 62 heavy (non-hydrogen) atoms. The molecule has 0 fully saturated rings. The van der Waals surface area contributed by atoms with Crippen molar-refractivity contribution in [2.24, 2.45) is 0 Å². The van der Waals surface area contributed by atoms with Crippen LogP contribution in [0.2, 0.25) is 0 Å². The Hall–Kier alpha value is -5.92. The molecule has 4 heterocycles. The van der Waals surface area contributed by atoms with E-state index in [0.717, 1.165) is 109 Å². The number of nitrogens with one attached hydrogen (secondary N) is 5. The van der Waals surface area contributed by atoms with E-state index in [9.17, 15) is 20.4 Å². The molecule has 12 heteroatoms. The Kier molecular flexibility index (Phi) is 17.7. The van der Waals surface area contributed by atoms with E-state index in [4.69, 9.17) is 0 Å². The standard InChI is InChI=1S/C14H20N2O.C13H18N2O.C12H16N2O.C11H14N2O/c1-3-7-16(2)8-6-11-10-15-14-5-4-12(17)9-13(11)14;1-3-15(2)7-6-10-9-14-13-5-4-11(16)8-12(10)13;1-14(2)6-5-9-8-13-12-4-3-10(15)7-11(9)12;1-12-5-4-8-7-13-11-3-2-9(14)6-10(8)11/h4-5,9-10,15,17H,3,6-8H2,1-2H3;4-5,8-9,14,16H,3,6-7H2,1-2H3;3-4,7-8,13,15H,5-6H2,1-2H3;2-3,6-7,12-14H,4-5H2,1H3. The average molecular weight is 845 g/mol. The molecular formula is C50H68N8O4. The second-order valence-corrected chi connectivity index (χ2v) is 16.3. The van der Waals surface area contributed by atoms with Gasteiger partial charge in [0, 0.05) is 88.0 Å². The summed E-state index contributed by atoms with van der Waals surface area (Å²) in [6, 6.07) is 21.7. The minimum absolute atomic E-state index is 0.322. The quantitative estimate of drug-likeness (QED) is 0.0495. The van der Waals surface area contributed by atoms with Gasteiger partial charge in [0.2, 0.25) is 0 Å². The second kappa shape index (κ2) is 23.3. The summed E-state index contributed by atoms with van der Waals surface area (Å²) in [6.07, 6.45) is 13.3. The van der Waals surface area contributed by atoms with Gasteiger partial charge in [0.15, 0.2) is 0 Å². The molecule has 0 aliphatic heterocycles. The van der Waals surface area contributed by atoms with Crippen molar-refractivity contribution in [3.8, 4) is 23.0 Å². The third kappa shape index (κ3) is 13.5. The van der Waals surface area contributed by atoms with Crippen LogP contribution < -0.4 is 5.32 Å². The fourth-order valence-corrected chi connectivity index (χ4v) is 7.37. The number of nitrogens with zero attached hydrogens (tertiary/aromatic N) is 3. The number of H-pyrrole nitrogens is 4. The van der Waals surface area contributed by atoms with Crippen LogP contribution >= 0.6 is 0 Å². The van der Waals surface area contributed by atoms with E-state index in [1.54, 1.807) is 30.3 Å². The first-order valence-electron chi connectivity index (χ1n) is 21.7. The van der Waals surface area contributed by atoms with Crippen molar-refractivity contribution in [3.63, 3.8) is 0 Å². The molecule has 8 rings (SSSR count). The zero-order chi connectivity index (χ0) is 44.6. The van der Waals surface area contributed by atoms with Gasteiger partial charge in [0.25, 0.3) is 0 Å². The first-order chi connectivity index (χ1) is 29.9. The molecule has 12 nitrogen and oxygen atoms in total. The van der Waals surface area contributed by atoms with Crippen molar-refractivity contribution in [2.45, 2.75) is 46.0 Å². The van der Waals surface area contributed by atoms with E-state index in [2.05, 4.69) is 82.0 Å². The third-order valence-electron chi connectivity index (χ3n) is 11.1. The molecule has 0 unspecified atom stereocenters. The molecule has 0 saturated heterocycles. The normalized spacial score (nSPS) is 11.3. The predicted molar refractivity (Wildman–Crippen MR) is 258 cm³/mol. The molecule has 0 saturated carbocycles. The van der Waals surface area contributed by atoms with Gasteiger partial charge in [-0.25, -0.2) is 0 Å². The molecule has 0 atom stereocenters. The Labute approximate surface area is 366 Å². The Morgan fingerprint density at radius 2 is 0.790 bits per heavy atom. The molecule has 0 aliphatic carbocycles. The molecule has 0 radical (unpaired) electrons. The minimum atomic E-state index is 0.322. The molecule has 0 aliphatic rings. The van der Waals surface area contributed by atoms with Crippen molar-refractivity contribution < 1.29 is 20.4 Å². The molecule has 4 aromatic carbocycles. The largest absolute Gasteiger partial charge is 0.508 e. The number of hydrogen-bond donors (Lipinski definition) is 9. The molecule has 4 aromatic heterocycles. The van der Waals surface area contributed by atoms with E-state index in [1.165, 1.54) is 28.7 Å². The summed E-state index contributed by atoms with van der Waals surface area (Å²) in [7, 11) is 10.3. The number of hydrogen-bond acceptors (Lipinski definition) is 8. The number of fused-ring (bicyclic) bond motifs is 4. The molecular weight excluding hydrogens is 777 g/mol. The number of aromatic nitrogens is 4. The SMILES string of the molecule is CCCN(C)CCc1c[nH]c2ccc(O)cc12.CCN(C)CCc1c[nH]c2ccc(O)cc12.CN(C)CCc1c[nH]c2ccc(O)cc12.CNCCc1c[nH]c2ccc(O)cc12. The molecule has 0 spiro atoms. The van der Waals surface area contributed by atoms with Gasteiger partial charge in [0.05, 0.1) is 0 Å². The van der Waals surface area contributed by atoms with Gasteiger partial charge in [-0.1, -0.05) is 13.8 Å². The van der Waals surface area contributed by atoms with Crippen LogP contribution in [-0.4, -0.2) is 130 Å². The number of phenolic OH excluding ortho intramolecular Hbond substituents is 4. The summed E-state index contributed by atoms with van der Waals surface area (Å²) in [6.45, 7) is 10.6. The van der Waals surface area contributed by atoms with E-state index >= 15 is 0 Å². The third-order valence-corrected chi connectivity index (χ3v) is 11.1. The van der Waals surface area contributed by atoms with Crippen LogP contribution in [-0.2, 0) is 25.7 Å². The highest BCUT2D eigenvalue weighted by Crippen LogP contribution is 2.26. The summed E-state index contributed by atoms with van der Waals surface area (Å²) in [4.78, 5) is 19.6. The van der Waals surface area contributed by atoms with Crippen molar-refractivity contribution in [1.29, 1.82) is 0 Å². The first-order valence-corrected chi connectivity index (χ1v) is 21.7. The number of likely N-dealkylation sites (N-methyl/N-ethyl adjacent to an activating group) is 4. The maximum Gasteiger partial charge on any atom is 0.116 e. The first kappa shape index (κ1) is 47.1. The lowest BCUT2D eigenvalue weighted by atomic mass is 10.1. The molecule has 9 N–H and O–H groups in total. The van der Waals surface area contributed by atoms with Gasteiger partial charge < -0.3 is 60.4 Å². The Bertz CT molecular complexity index is 2570. The molecule has 0 amide bonds. The average Bonchev–Trinajstić information content (AvgIpc) is 4.06. The predicted octanol–water partition coefficient (Wildman–Crippen LogP) is 8.74. The maximum atomic E-state index is 9.51. The topological polar surface area (TPSA) is 166 Å². The second-order valence-electron chi connectivity index (χ2n) is 16.3. The smallest absolute Gasteiger partial charge is 0.116 e. The minimum Gasteiger partial charge on any atom is -0.508 e. The van der Waals surface area contributed by atoms with Gasteiger partial charge in [0.1, 0.15) is 23.0 Å². The van der Waals surface area contributed by atoms with E-state index in [0.29, 0.717) is 23.0 Å². The summed E-state index contributed by atoms with van der Waals surface area (Å²) in [5.74, 6) is 1.31. The highest BCUT2D eigenvalue weighted by molar-refractivity contribution is 5.86. The monoisotopic (exact) mass is 845 g/mol. The van der Waals surface area contributed by atoms with Crippen LogP contribution in [0, 0.1) is 0 Å². The van der Waals surface area contributed by atoms with E-state index in [-0.39, 0.29) is 0 Å². The van der Waals surface area contributed by atoms with Crippen LogP contribution in [0.1, 0.15) is 42.5 Å². The lowest BCUT2D eigenvalue weighted by molar-refractivity contribution is 0.339. The number of benzene rings is 4. The zero-order valence-electron chi connectivity index (χ0n) is 37.6. The Morgan fingerprint density at radius 1 is 0.452 bits per heavy atom. The van der Waals surface area contributed by atoms with Gasteiger partial charge in [-0.2, -0.15) is 0 Å². The number of aromatic amines is 4. The maximum absolute atomic E-state index is 9.51. The summed E-state index contributed by atoms with van der Waals surface area (Å²) >= 11 is 0. The fourth-order valence-electron chi connectivity index (χ4n) is 7.37. The van der Waals surface area contributed by atoms with E-state index in [1.807, 2.05) is 74.3 Å². The fraction of sp³-hybridized carbons (Fsp3) is 0.360. The zero-order valence-corrected chi connectivity index (χ0v) is 37.6. The van der Waals surface area contributed by atoms with Crippen molar-refractivity contribution in [2.75, 3.05) is 74.5 Å². The van der Waals surface area contributed by atoms with Crippen LogP contribution in [0.15, 0.2) is 97.6 Å². The van der Waals surface area contributed by atoms with Crippen LogP contribution in [0.4, 0.5) is 0 Å². The van der Waals surface area contributed by atoms with Gasteiger partial charge in [-0.05, 0) is 182 Å². The Morgan fingerprint density at radius 3 is 1.11 bits per heavy atom. The summed E-state index contributed by atoms with van der Waals surface area (Å²) in [5, 5.41) is 45.4. The lowest BCUT2D eigenvalue weighted by Crippen LogP contribution is -2.21. The summed E-state index contributed by atoms with van der Waals surface area (Å²) < 4.78 is 0. The van der Waals surface area contributed by atoms with Crippen LogP contribution in [0.5, 0.6) is 23.0 Å². The van der Waals surface area contributed by atoms with Crippen LogP contribution in [0.3, 0.4) is 0 Å². The van der Waals surface area contributed by atoms with Crippen molar-refractivity contribution in [1.82, 2.24) is 40.0 Å². The number of rotatable bonds is 15. The van der Waals surface area contributed by atoms with Crippen molar-refractivity contribution >= 4 is 43.6 Å². The highest BCUT2D eigenvalue weighted by Gasteiger charge is 2.08. The Balaban J connectivity index is 0.000000156. The molecule has 332 valence electrons. The van der Waals surface area contributed by atoms with Gasteiger partial charge >= 0.3 is 0 Å². The van der Waals surface area contributed by atoms with Gasteiger partial charge in [-0.3, -0.25) is 0 Å². The van der Waals surface area contributed by atoms with E-state index < -0.39 is 0 Å². The van der Waals surface area contributed by atoms with Gasteiger partial charge in [-0.15, -0.1) is 0 Å². The highest BCUT2D eigenvalue weighted by atomic mass is 16.3. The molecule has 8 aromatic rings. The summed E-state index contributed by atoms with van der Waals surface area (Å²) in [5.41, 5.74) is 9.39. The number of phenols is 4. The molecule has 0 bridgehead atoms.